The molecular formula is C14H19ClN2O. The highest BCUT2D eigenvalue weighted by Gasteiger charge is 2.45. The molecular weight excluding hydrogens is 248 g/mol. The second kappa shape index (κ2) is 4.90. The molecule has 18 heavy (non-hydrogen) atoms. The van der Waals surface area contributed by atoms with Crippen LogP contribution in [-0.2, 0) is 11.3 Å². The average Bonchev–Trinajstić information content (AvgIpc) is 3.11. The third-order valence-corrected chi connectivity index (χ3v) is 3.78. The Morgan fingerprint density at radius 1 is 1.56 bits per heavy atom. The third-order valence-electron chi connectivity index (χ3n) is 3.54. The summed E-state index contributed by atoms with van der Waals surface area (Å²) in [5.74, 6) is 0.344. The summed E-state index contributed by atoms with van der Waals surface area (Å²) in [5.41, 5.74) is 6.42. The Morgan fingerprint density at radius 2 is 2.22 bits per heavy atom. The number of carbonyl (C=O) groups is 1. The van der Waals surface area contributed by atoms with Gasteiger partial charge in [-0.3, -0.25) is 4.79 Å². The van der Waals surface area contributed by atoms with Crippen LogP contribution in [0.15, 0.2) is 24.3 Å². The van der Waals surface area contributed by atoms with E-state index in [2.05, 4.69) is 0 Å². The highest BCUT2D eigenvalue weighted by atomic mass is 35.5. The molecule has 4 heteroatoms. The summed E-state index contributed by atoms with van der Waals surface area (Å²) in [6.07, 6.45) is 2.12. The lowest BCUT2D eigenvalue weighted by atomic mass is 9.95. The molecule has 0 saturated heterocycles. The molecule has 0 aromatic heterocycles. The maximum absolute atomic E-state index is 12.3. The molecule has 0 bridgehead atoms. The van der Waals surface area contributed by atoms with Crippen molar-refractivity contribution >= 4 is 17.5 Å². The van der Waals surface area contributed by atoms with Crippen molar-refractivity contribution in [2.45, 2.75) is 31.8 Å². The van der Waals surface area contributed by atoms with E-state index < -0.39 is 5.54 Å². The van der Waals surface area contributed by atoms with Crippen LogP contribution in [-0.4, -0.2) is 23.4 Å². The Bertz CT molecular complexity index is 455. The number of rotatable bonds is 4. The van der Waals surface area contributed by atoms with Crippen molar-refractivity contribution in [1.29, 1.82) is 0 Å². The van der Waals surface area contributed by atoms with Gasteiger partial charge in [0.1, 0.15) is 0 Å². The molecule has 1 aliphatic carbocycles. The minimum Gasteiger partial charge on any atom is -0.340 e. The number of likely N-dealkylation sites (N-methyl/N-ethyl adjacent to an activating group) is 1. The molecule has 2 N–H and O–H groups in total. The molecule has 2 rings (SSSR count). The molecule has 0 aliphatic heterocycles. The largest absolute Gasteiger partial charge is 0.340 e. The first-order valence-corrected chi connectivity index (χ1v) is 6.58. The summed E-state index contributed by atoms with van der Waals surface area (Å²) in [5, 5.41) is 0.686. The van der Waals surface area contributed by atoms with Gasteiger partial charge in [0.25, 0.3) is 0 Å². The Balaban J connectivity index is 2.03. The minimum atomic E-state index is -0.729. The highest BCUT2D eigenvalue weighted by Crippen LogP contribution is 2.38. The number of carbonyl (C=O) groups excluding carboxylic acids is 1. The van der Waals surface area contributed by atoms with E-state index in [0.717, 1.165) is 18.4 Å². The van der Waals surface area contributed by atoms with E-state index >= 15 is 0 Å². The van der Waals surface area contributed by atoms with Gasteiger partial charge in [0.05, 0.1) is 5.54 Å². The van der Waals surface area contributed by atoms with Crippen molar-refractivity contribution in [3.05, 3.63) is 34.9 Å². The predicted octanol–water partition coefficient (Wildman–Crippen LogP) is 2.43. The van der Waals surface area contributed by atoms with Crippen LogP contribution in [0.25, 0.3) is 0 Å². The van der Waals surface area contributed by atoms with Crippen LogP contribution < -0.4 is 5.73 Å². The van der Waals surface area contributed by atoms with E-state index in [0.29, 0.717) is 17.5 Å². The van der Waals surface area contributed by atoms with Gasteiger partial charge in [-0.2, -0.15) is 0 Å². The van der Waals surface area contributed by atoms with Gasteiger partial charge in [-0.15, -0.1) is 0 Å². The molecule has 1 fully saturated rings. The fourth-order valence-corrected chi connectivity index (χ4v) is 2.46. The minimum absolute atomic E-state index is 0.00461. The van der Waals surface area contributed by atoms with Gasteiger partial charge >= 0.3 is 0 Å². The molecule has 1 unspecified atom stereocenters. The van der Waals surface area contributed by atoms with Crippen molar-refractivity contribution in [1.82, 2.24) is 4.90 Å². The zero-order chi connectivity index (χ0) is 13.3. The smallest absolute Gasteiger partial charge is 0.242 e. The second-order valence-electron chi connectivity index (χ2n) is 5.35. The molecule has 1 aliphatic rings. The first-order valence-electron chi connectivity index (χ1n) is 6.20. The number of nitrogens with zero attached hydrogens (tertiary/aromatic N) is 1. The van der Waals surface area contributed by atoms with Crippen molar-refractivity contribution in [2.75, 3.05) is 7.05 Å². The summed E-state index contributed by atoms with van der Waals surface area (Å²) < 4.78 is 0. The number of amides is 1. The van der Waals surface area contributed by atoms with E-state index in [4.69, 9.17) is 17.3 Å². The van der Waals surface area contributed by atoms with Gasteiger partial charge in [-0.25, -0.2) is 0 Å². The van der Waals surface area contributed by atoms with Crippen LogP contribution in [0.5, 0.6) is 0 Å². The maximum Gasteiger partial charge on any atom is 0.242 e. The molecule has 0 spiro atoms. The molecule has 98 valence electrons. The van der Waals surface area contributed by atoms with Crippen LogP contribution >= 0.6 is 11.6 Å². The predicted molar refractivity (Wildman–Crippen MR) is 73.2 cm³/mol. The van der Waals surface area contributed by atoms with E-state index in [1.165, 1.54) is 0 Å². The van der Waals surface area contributed by atoms with Gasteiger partial charge in [-0.05, 0) is 43.4 Å². The number of nitrogens with two attached hydrogens (primary N) is 1. The number of hydrogen-bond acceptors (Lipinski definition) is 2. The molecule has 1 saturated carbocycles. The van der Waals surface area contributed by atoms with Gasteiger partial charge in [0.15, 0.2) is 0 Å². The average molecular weight is 267 g/mol. The lowest BCUT2D eigenvalue weighted by Gasteiger charge is -2.29. The van der Waals surface area contributed by atoms with Gasteiger partial charge in [0, 0.05) is 18.6 Å². The molecule has 0 radical (unpaired) electrons. The zero-order valence-electron chi connectivity index (χ0n) is 10.8. The van der Waals surface area contributed by atoms with E-state index in [1.54, 1.807) is 11.9 Å². The fraction of sp³-hybridized carbons (Fsp3) is 0.500. The van der Waals surface area contributed by atoms with Crippen molar-refractivity contribution in [2.24, 2.45) is 11.7 Å². The van der Waals surface area contributed by atoms with Gasteiger partial charge < -0.3 is 10.6 Å². The standard InChI is InChI=1S/C14H19ClN2O/c1-14(16,11-6-7-11)13(18)17(2)9-10-4-3-5-12(15)8-10/h3-5,8,11H,6-7,9,16H2,1-2H3. The highest BCUT2D eigenvalue weighted by molar-refractivity contribution is 6.30. The zero-order valence-corrected chi connectivity index (χ0v) is 11.6. The molecule has 1 atom stereocenters. The number of hydrogen-bond donors (Lipinski definition) is 1. The summed E-state index contributed by atoms with van der Waals surface area (Å²) in [7, 11) is 1.79. The summed E-state index contributed by atoms with van der Waals surface area (Å²) in [6.45, 7) is 2.38. The van der Waals surface area contributed by atoms with Crippen molar-refractivity contribution < 1.29 is 4.79 Å². The van der Waals surface area contributed by atoms with Crippen LogP contribution in [0.3, 0.4) is 0 Å². The fourth-order valence-electron chi connectivity index (χ4n) is 2.25. The topological polar surface area (TPSA) is 46.3 Å². The van der Waals surface area contributed by atoms with Gasteiger partial charge in [0.2, 0.25) is 5.91 Å². The van der Waals surface area contributed by atoms with Crippen molar-refractivity contribution in [3.63, 3.8) is 0 Å². The Kier molecular flexibility index (Phi) is 3.64. The normalized spacial score (nSPS) is 18.2. The van der Waals surface area contributed by atoms with E-state index in [-0.39, 0.29) is 5.91 Å². The Labute approximate surface area is 113 Å². The van der Waals surface area contributed by atoms with Crippen LogP contribution in [0.1, 0.15) is 25.3 Å². The molecule has 0 heterocycles. The quantitative estimate of drug-likeness (QED) is 0.910. The van der Waals surface area contributed by atoms with E-state index in [9.17, 15) is 4.79 Å². The maximum atomic E-state index is 12.3. The summed E-state index contributed by atoms with van der Waals surface area (Å²) >= 11 is 5.93. The Hall–Kier alpha value is -1.06. The number of halogens is 1. The monoisotopic (exact) mass is 266 g/mol. The molecule has 1 aromatic rings. The molecule has 1 amide bonds. The van der Waals surface area contributed by atoms with Crippen LogP contribution in [0.4, 0.5) is 0 Å². The lowest BCUT2D eigenvalue weighted by Crippen LogP contribution is -2.53. The van der Waals surface area contributed by atoms with Crippen LogP contribution in [0, 0.1) is 5.92 Å². The first-order chi connectivity index (χ1) is 8.41. The van der Waals surface area contributed by atoms with E-state index in [1.807, 2.05) is 31.2 Å². The third kappa shape index (κ3) is 2.85. The lowest BCUT2D eigenvalue weighted by molar-refractivity contribution is -0.136. The molecule has 3 nitrogen and oxygen atoms in total. The first kappa shape index (κ1) is 13.4. The van der Waals surface area contributed by atoms with Crippen molar-refractivity contribution in [3.8, 4) is 0 Å². The summed E-state index contributed by atoms with van der Waals surface area (Å²) in [4.78, 5) is 14.0. The van der Waals surface area contributed by atoms with Crippen LogP contribution in [0.2, 0.25) is 5.02 Å². The SMILES string of the molecule is CN(Cc1cccc(Cl)c1)C(=O)C(C)(N)C1CC1. The number of benzene rings is 1. The molecule has 1 aromatic carbocycles. The summed E-state index contributed by atoms with van der Waals surface area (Å²) in [6, 6.07) is 7.54. The van der Waals surface area contributed by atoms with Gasteiger partial charge in [-0.1, -0.05) is 23.7 Å². The Morgan fingerprint density at radius 3 is 2.78 bits per heavy atom. The second-order valence-corrected chi connectivity index (χ2v) is 5.78.